The van der Waals surface area contributed by atoms with E-state index in [1.807, 2.05) is 6.07 Å². The molecule has 0 spiro atoms. The standard InChI is InChI=1S/C53H39N4O.Ir/c1-36-15-25-46-45-13-8-14-47(52(45)58-53(46)48(36)32-54)51-28-24-39(35-57-51)18-21-42-30-40(19-16-37-22-26-49(55-33-37)43-9-4-2-5-10-43)29-41(31-42)20-17-38-23-27-50(56-34-38)44-11-6-3-7-12-44;/h2-9,11,13,15,22-31,33-35H,16-21H2,1H3;/q-3;+3/i1D3,16D2,17D2,18D2,19D2,20D2,21D2;. The third-order valence-corrected chi connectivity index (χ3v) is 9.22. The van der Waals surface area contributed by atoms with Crippen molar-refractivity contribution in [3.8, 4) is 39.8 Å². The van der Waals surface area contributed by atoms with E-state index in [1.165, 1.54) is 42.5 Å². The Morgan fingerprint density at radius 2 is 1.07 bits per heavy atom. The first-order chi connectivity index (χ1) is 34.3. The van der Waals surface area contributed by atoms with Gasteiger partial charge < -0.3 is 19.4 Å². The van der Waals surface area contributed by atoms with E-state index in [1.54, 1.807) is 66.7 Å². The summed E-state index contributed by atoms with van der Waals surface area (Å²) in [5, 5.41) is 11.0. The number of rotatable bonds is 12. The van der Waals surface area contributed by atoms with Crippen LogP contribution in [0.5, 0.6) is 0 Å². The van der Waals surface area contributed by atoms with Gasteiger partial charge in [0, 0.05) is 44.5 Å². The molecule has 0 aliphatic rings. The minimum Gasteiger partial charge on any atom is -0.499 e. The van der Waals surface area contributed by atoms with Gasteiger partial charge in [-0.1, -0.05) is 77.7 Å². The van der Waals surface area contributed by atoms with Crippen molar-refractivity contribution in [2.24, 2.45) is 0 Å². The quantitative estimate of drug-likeness (QED) is 0.114. The zero-order chi connectivity index (χ0) is 52.5. The topological polar surface area (TPSA) is 75.6 Å². The Bertz CT molecular complexity index is 3440. The van der Waals surface area contributed by atoms with Crippen molar-refractivity contribution >= 4 is 21.9 Å². The first-order valence-corrected chi connectivity index (χ1v) is 18.1. The molecule has 5 nitrogen and oxygen atoms in total. The van der Waals surface area contributed by atoms with Gasteiger partial charge in [-0.15, -0.1) is 90.0 Å². The Labute approximate surface area is 379 Å². The number of nitriles is 1. The molecule has 9 aromatic rings. The molecule has 9 rings (SSSR count). The van der Waals surface area contributed by atoms with Crippen molar-refractivity contribution in [3.05, 3.63) is 209 Å². The molecule has 6 heteroatoms. The van der Waals surface area contributed by atoms with Gasteiger partial charge in [-0.2, -0.15) is 5.26 Å². The van der Waals surface area contributed by atoms with Crippen LogP contribution in [-0.2, 0) is 58.3 Å². The largest absolute Gasteiger partial charge is 3.00 e. The Hall–Kier alpha value is -6.51. The molecule has 0 saturated heterocycles. The van der Waals surface area contributed by atoms with Crippen molar-refractivity contribution in [1.29, 1.82) is 5.26 Å². The van der Waals surface area contributed by atoms with E-state index in [0.29, 0.717) is 33.3 Å². The summed E-state index contributed by atoms with van der Waals surface area (Å²) in [7, 11) is 0. The second-order valence-electron chi connectivity index (χ2n) is 13.1. The number of nitrogens with zero attached hydrogens (tertiary/aromatic N) is 4. The number of fused-ring (bicyclic) bond motifs is 3. The van der Waals surface area contributed by atoms with Gasteiger partial charge in [0.15, 0.2) is 0 Å². The van der Waals surface area contributed by atoms with E-state index >= 15 is 0 Å². The Morgan fingerprint density at radius 3 is 1.53 bits per heavy atom. The summed E-state index contributed by atoms with van der Waals surface area (Å²) in [5.74, 6) is 0. The van der Waals surface area contributed by atoms with Crippen molar-refractivity contribution in [3.63, 3.8) is 0 Å². The average molecular weight is 955 g/mol. The first-order valence-electron chi connectivity index (χ1n) is 25.6. The SMILES string of the molecule is [2H]C([2H])([2H])c1ccc2c(oc3c(-c4ccc(C([2H])([2H])C([2H])([2H])c5cc(C([2H])([2H])C([2H])([2H])c6ccc(-c7[c-]cccc7)nc6)cc(C([2H])([2H])C([2H])([2H])c6ccc(-c7[c-]cccc7)nc6)c5)cn4)[c-]ccc32)c1C#N.[Ir+3]. The average Bonchev–Trinajstić information content (AvgIpc) is 3.77. The molecule has 0 amide bonds. The summed E-state index contributed by atoms with van der Waals surface area (Å²) >= 11 is 0. The van der Waals surface area contributed by atoms with Crippen LogP contribution in [0.3, 0.4) is 0 Å². The summed E-state index contributed by atoms with van der Waals surface area (Å²) in [6.07, 6.45) is -15.0. The molecule has 0 fully saturated rings. The number of hydrogen-bond acceptors (Lipinski definition) is 5. The van der Waals surface area contributed by atoms with Gasteiger partial charge >= 0.3 is 20.1 Å². The van der Waals surface area contributed by atoms with Crippen molar-refractivity contribution < 1.29 is 45.1 Å². The molecule has 5 aromatic carbocycles. The number of pyridine rings is 3. The summed E-state index contributed by atoms with van der Waals surface area (Å²) < 4.78 is 142. The van der Waals surface area contributed by atoms with Crippen LogP contribution in [0.2, 0.25) is 0 Å². The predicted molar refractivity (Wildman–Crippen MR) is 231 cm³/mol. The fraction of sp³-hybridized carbons (Fsp3) is 0.132. The molecular formula is C53H39IrN4O. The first kappa shape index (κ1) is 25.1. The van der Waals surface area contributed by atoms with E-state index < -0.39 is 61.8 Å². The van der Waals surface area contributed by atoms with Crippen LogP contribution in [0.25, 0.3) is 55.7 Å². The van der Waals surface area contributed by atoms with Crippen LogP contribution in [0.4, 0.5) is 0 Å². The minimum absolute atomic E-state index is 0. The molecular weight excluding hydrogens is 901 g/mol. The van der Waals surface area contributed by atoms with E-state index in [2.05, 4.69) is 33.2 Å². The van der Waals surface area contributed by atoms with Crippen LogP contribution in [0, 0.1) is 36.4 Å². The van der Waals surface area contributed by atoms with Crippen LogP contribution < -0.4 is 0 Å². The molecule has 0 radical (unpaired) electrons. The molecule has 0 atom stereocenters. The number of hydrogen-bond donors (Lipinski definition) is 0. The molecule has 0 aliphatic carbocycles. The Kier molecular flexibility index (Phi) is 7.63. The number of aromatic nitrogens is 3. The van der Waals surface area contributed by atoms with Crippen molar-refractivity contribution in [2.45, 2.75) is 45.1 Å². The van der Waals surface area contributed by atoms with E-state index in [-0.39, 0.29) is 70.3 Å². The maximum atomic E-state index is 9.98. The molecule has 0 N–H and O–H groups in total. The van der Waals surface area contributed by atoms with Gasteiger partial charge in [-0.05, 0) is 101 Å². The molecule has 4 heterocycles. The normalized spacial score (nSPS) is 16.5. The van der Waals surface area contributed by atoms with E-state index in [0.717, 1.165) is 36.8 Å². The zero-order valence-electron chi connectivity index (χ0n) is 45.9. The molecule has 4 aromatic heterocycles. The van der Waals surface area contributed by atoms with Gasteiger partial charge in [0.2, 0.25) is 0 Å². The summed E-state index contributed by atoms with van der Waals surface area (Å²) in [6, 6.07) is 42.1. The van der Waals surface area contributed by atoms with Crippen molar-refractivity contribution in [2.75, 3.05) is 0 Å². The van der Waals surface area contributed by atoms with Crippen LogP contribution in [-0.4, -0.2) is 15.0 Å². The second kappa shape index (κ2) is 18.0. The maximum absolute atomic E-state index is 9.98. The second-order valence-corrected chi connectivity index (χ2v) is 13.1. The number of furan rings is 1. The minimum atomic E-state index is -3.18. The van der Waals surface area contributed by atoms with Crippen LogP contribution >= 0.6 is 0 Å². The van der Waals surface area contributed by atoms with Crippen molar-refractivity contribution in [1.82, 2.24) is 15.0 Å². The fourth-order valence-corrected chi connectivity index (χ4v) is 6.36. The predicted octanol–water partition coefficient (Wildman–Crippen LogP) is 11.7. The fourth-order valence-electron chi connectivity index (χ4n) is 6.36. The summed E-state index contributed by atoms with van der Waals surface area (Å²) in [4.78, 5) is 13.2. The summed E-state index contributed by atoms with van der Waals surface area (Å²) in [5.41, 5.74) is -0.277. The molecule has 0 bridgehead atoms. The van der Waals surface area contributed by atoms with Gasteiger partial charge in [0.25, 0.3) is 0 Å². The Balaban J connectivity index is 0.00000729. The maximum Gasteiger partial charge on any atom is 3.00 e. The molecule has 59 heavy (non-hydrogen) atoms. The third-order valence-electron chi connectivity index (χ3n) is 9.22. The monoisotopic (exact) mass is 955 g/mol. The molecule has 286 valence electrons. The Morgan fingerprint density at radius 1 is 0.559 bits per heavy atom. The van der Waals surface area contributed by atoms with E-state index in [4.69, 9.17) is 8.53 Å². The molecule has 0 aliphatic heterocycles. The van der Waals surface area contributed by atoms with Gasteiger partial charge in [0.1, 0.15) is 11.7 Å². The van der Waals surface area contributed by atoms with Crippen LogP contribution in [0.1, 0.15) is 65.1 Å². The number of benzene rings is 5. The van der Waals surface area contributed by atoms with Gasteiger partial charge in [0.05, 0.1) is 11.1 Å². The third kappa shape index (κ3) is 8.83. The molecule has 0 unspecified atom stereocenters. The van der Waals surface area contributed by atoms with Gasteiger partial charge in [-0.3, -0.25) is 0 Å². The van der Waals surface area contributed by atoms with Crippen LogP contribution in [0.15, 0.2) is 150 Å². The smallest absolute Gasteiger partial charge is 0.499 e. The molecule has 0 saturated carbocycles. The van der Waals surface area contributed by atoms with E-state index in [9.17, 15) is 21.7 Å². The number of aryl methyl sites for hydroxylation is 7. The van der Waals surface area contributed by atoms with Gasteiger partial charge in [-0.25, -0.2) is 0 Å². The zero-order valence-corrected chi connectivity index (χ0v) is 33.3. The summed E-state index contributed by atoms with van der Waals surface area (Å²) in [6.45, 7) is -2.60.